The van der Waals surface area contributed by atoms with Gasteiger partial charge in [-0.2, -0.15) is 0 Å². The van der Waals surface area contributed by atoms with E-state index in [2.05, 4.69) is 47.0 Å². The standard InChI is InChI=1S/C20H20BrNO3S/c1-11(2)16-9-22-18-5-4-13(7-15(16)18)25-20-12(3)6-14(8-17(20)21)26-10-19(23)24/h4-9,11,22H,10H2,1-3H3,(H,23,24). The molecule has 4 nitrogen and oxygen atoms in total. The molecule has 0 aliphatic heterocycles. The maximum Gasteiger partial charge on any atom is 0.313 e. The minimum absolute atomic E-state index is 0.0359. The van der Waals surface area contributed by atoms with Gasteiger partial charge < -0.3 is 14.8 Å². The molecule has 0 radical (unpaired) electrons. The summed E-state index contributed by atoms with van der Waals surface area (Å²) in [4.78, 5) is 14.9. The van der Waals surface area contributed by atoms with Gasteiger partial charge in [0.05, 0.1) is 10.2 Å². The monoisotopic (exact) mass is 433 g/mol. The first-order valence-electron chi connectivity index (χ1n) is 8.28. The van der Waals surface area contributed by atoms with Gasteiger partial charge in [0.1, 0.15) is 11.5 Å². The van der Waals surface area contributed by atoms with Crippen molar-refractivity contribution in [2.24, 2.45) is 0 Å². The summed E-state index contributed by atoms with van der Waals surface area (Å²) >= 11 is 4.84. The van der Waals surface area contributed by atoms with Crippen LogP contribution in [-0.4, -0.2) is 21.8 Å². The molecule has 0 bridgehead atoms. The van der Waals surface area contributed by atoms with E-state index in [1.807, 2.05) is 31.2 Å². The fourth-order valence-electron chi connectivity index (χ4n) is 2.84. The number of aromatic nitrogens is 1. The first-order chi connectivity index (χ1) is 12.3. The van der Waals surface area contributed by atoms with Crippen LogP contribution in [0.2, 0.25) is 0 Å². The summed E-state index contributed by atoms with van der Waals surface area (Å²) in [6.07, 6.45) is 2.05. The van der Waals surface area contributed by atoms with Crippen LogP contribution >= 0.6 is 27.7 Å². The highest BCUT2D eigenvalue weighted by atomic mass is 79.9. The lowest BCUT2D eigenvalue weighted by molar-refractivity contribution is -0.133. The number of ether oxygens (including phenoxy) is 1. The third kappa shape index (κ3) is 4.07. The number of aliphatic carboxylic acids is 1. The van der Waals surface area contributed by atoms with Gasteiger partial charge in [-0.3, -0.25) is 4.79 Å². The number of carboxylic acids is 1. The van der Waals surface area contributed by atoms with Crippen LogP contribution in [0.15, 0.2) is 45.9 Å². The third-order valence-electron chi connectivity index (χ3n) is 4.09. The van der Waals surface area contributed by atoms with Crippen LogP contribution in [0, 0.1) is 6.92 Å². The van der Waals surface area contributed by atoms with E-state index in [9.17, 15) is 4.79 Å². The van der Waals surface area contributed by atoms with Gasteiger partial charge >= 0.3 is 5.97 Å². The van der Waals surface area contributed by atoms with Crippen LogP contribution in [0.5, 0.6) is 11.5 Å². The van der Waals surface area contributed by atoms with Crippen LogP contribution in [0.25, 0.3) is 10.9 Å². The van der Waals surface area contributed by atoms with Gasteiger partial charge in [-0.25, -0.2) is 0 Å². The lowest BCUT2D eigenvalue weighted by Crippen LogP contribution is -1.98. The highest BCUT2D eigenvalue weighted by Gasteiger charge is 2.13. The Morgan fingerprint density at radius 2 is 2.08 bits per heavy atom. The molecule has 0 aliphatic carbocycles. The van der Waals surface area contributed by atoms with Crippen molar-refractivity contribution in [1.29, 1.82) is 0 Å². The lowest BCUT2D eigenvalue weighted by Gasteiger charge is -2.13. The number of halogens is 1. The van der Waals surface area contributed by atoms with Gasteiger partial charge in [0.25, 0.3) is 0 Å². The second kappa shape index (κ2) is 7.76. The number of aromatic amines is 1. The molecule has 0 saturated carbocycles. The second-order valence-electron chi connectivity index (χ2n) is 6.44. The van der Waals surface area contributed by atoms with Gasteiger partial charge in [0.2, 0.25) is 0 Å². The lowest BCUT2D eigenvalue weighted by atomic mass is 10.0. The molecule has 0 fully saturated rings. The predicted molar refractivity (Wildman–Crippen MR) is 110 cm³/mol. The third-order valence-corrected chi connectivity index (χ3v) is 5.64. The fraction of sp³-hybridized carbons (Fsp3) is 0.250. The first-order valence-corrected chi connectivity index (χ1v) is 10.1. The van der Waals surface area contributed by atoms with E-state index in [4.69, 9.17) is 9.84 Å². The van der Waals surface area contributed by atoms with Crippen LogP contribution in [-0.2, 0) is 4.79 Å². The van der Waals surface area contributed by atoms with Gasteiger partial charge in [-0.1, -0.05) is 13.8 Å². The number of nitrogens with one attached hydrogen (secondary N) is 1. The average Bonchev–Trinajstić information content (AvgIpc) is 2.99. The van der Waals surface area contributed by atoms with E-state index < -0.39 is 5.97 Å². The minimum atomic E-state index is -0.829. The van der Waals surface area contributed by atoms with E-state index in [-0.39, 0.29) is 5.75 Å². The molecule has 6 heteroatoms. The number of aryl methyl sites for hydroxylation is 1. The summed E-state index contributed by atoms with van der Waals surface area (Å²) in [7, 11) is 0. The van der Waals surface area contributed by atoms with Gasteiger partial charge in [0, 0.05) is 22.0 Å². The summed E-state index contributed by atoms with van der Waals surface area (Å²) in [5, 5.41) is 10.00. The van der Waals surface area contributed by atoms with Crippen molar-refractivity contribution in [3.63, 3.8) is 0 Å². The summed E-state index contributed by atoms with van der Waals surface area (Å²) in [5.74, 6) is 1.15. The van der Waals surface area contributed by atoms with Crippen molar-refractivity contribution >= 4 is 44.6 Å². The molecule has 0 saturated heterocycles. The zero-order chi connectivity index (χ0) is 18.8. The van der Waals surface area contributed by atoms with Crippen LogP contribution in [0.1, 0.15) is 30.9 Å². The molecule has 0 amide bonds. The van der Waals surface area contributed by atoms with Crippen molar-refractivity contribution in [3.05, 3.63) is 52.1 Å². The Kier molecular flexibility index (Phi) is 5.63. The molecule has 136 valence electrons. The van der Waals surface area contributed by atoms with Crippen molar-refractivity contribution in [2.45, 2.75) is 31.6 Å². The number of carboxylic acid groups (broad SMARTS) is 1. The number of H-pyrrole nitrogens is 1. The Bertz CT molecular complexity index is 942. The van der Waals surface area contributed by atoms with Crippen molar-refractivity contribution in [1.82, 2.24) is 4.98 Å². The van der Waals surface area contributed by atoms with Gasteiger partial charge in [0.15, 0.2) is 0 Å². The Balaban J connectivity index is 1.89. The minimum Gasteiger partial charge on any atom is -0.481 e. The van der Waals surface area contributed by atoms with Crippen LogP contribution in [0.4, 0.5) is 0 Å². The number of carbonyl (C=O) groups is 1. The van der Waals surface area contributed by atoms with Crippen molar-refractivity contribution in [2.75, 3.05) is 5.75 Å². The molecular formula is C20H20BrNO3S. The molecule has 3 aromatic rings. The van der Waals surface area contributed by atoms with Gasteiger partial charge in [-0.15, -0.1) is 11.8 Å². The second-order valence-corrected chi connectivity index (χ2v) is 8.34. The Labute approximate surface area is 165 Å². The van der Waals surface area contributed by atoms with E-state index in [1.54, 1.807) is 0 Å². The number of thioether (sulfide) groups is 1. The normalized spacial score (nSPS) is 11.3. The maximum atomic E-state index is 10.8. The van der Waals surface area contributed by atoms with E-state index in [0.717, 1.165) is 31.9 Å². The summed E-state index contributed by atoms with van der Waals surface area (Å²) in [5.41, 5.74) is 3.31. The molecule has 0 spiro atoms. The maximum absolute atomic E-state index is 10.8. The largest absolute Gasteiger partial charge is 0.481 e. The number of rotatable bonds is 6. The van der Waals surface area contributed by atoms with Crippen LogP contribution < -0.4 is 4.74 Å². The highest BCUT2D eigenvalue weighted by Crippen LogP contribution is 2.38. The number of hydrogen-bond donors (Lipinski definition) is 2. The molecule has 2 aromatic carbocycles. The Morgan fingerprint density at radius 3 is 2.73 bits per heavy atom. The first kappa shape index (κ1) is 18.9. The summed E-state index contributed by atoms with van der Waals surface area (Å²) in [6.45, 7) is 6.30. The number of hydrogen-bond acceptors (Lipinski definition) is 3. The highest BCUT2D eigenvalue weighted by molar-refractivity contribution is 9.10. The number of fused-ring (bicyclic) bond motifs is 1. The Morgan fingerprint density at radius 1 is 1.31 bits per heavy atom. The van der Waals surface area contributed by atoms with Crippen molar-refractivity contribution in [3.8, 4) is 11.5 Å². The van der Waals surface area contributed by atoms with E-state index >= 15 is 0 Å². The molecule has 0 atom stereocenters. The van der Waals surface area contributed by atoms with Crippen molar-refractivity contribution < 1.29 is 14.6 Å². The zero-order valence-corrected chi connectivity index (χ0v) is 17.2. The van der Waals surface area contributed by atoms with E-state index in [0.29, 0.717) is 5.92 Å². The number of benzene rings is 2. The topological polar surface area (TPSA) is 62.3 Å². The smallest absolute Gasteiger partial charge is 0.313 e. The summed E-state index contributed by atoms with van der Waals surface area (Å²) in [6, 6.07) is 9.87. The Hall–Kier alpha value is -1.92. The van der Waals surface area contributed by atoms with Crippen LogP contribution in [0.3, 0.4) is 0 Å². The fourth-order valence-corrected chi connectivity index (χ4v) is 4.38. The zero-order valence-electron chi connectivity index (χ0n) is 14.8. The molecule has 0 aliphatic rings. The molecule has 2 N–H and O–H groups in total. The van der Waals surface area contributed by atoms with Gasteiger partial charge in [-0.05, 0) is 70.2 Å². The molecule has 0 unspecified atom stereocenters. The molecule has 3 rings (SSSR count). The molecule has 26 heavy (non-hydrogen) atoms. The summed E-state index contributed by atoms with van der Waals surface area (Å²) < 4.78 is 6.96. The molecule has 1 aromatic heterocycles. The predicted octanol–water partition coefficient (Wildman–Crippen LogP) is 6.33. The molecular weight excluding hydrogens is 414 g/mol. The SMILES string of the molecule is Cc1cc(SCC(=O)O)cc(Br)c1Oc1ccc2[nH]cc(C(C)C)c2c1. The van der Waals surface area contributed by atoms with E-state index in [1.165, 1.54) is 22.7 Å². The average molecular weight is 434 g/mol. The molecule has 1 heterocycles. The quantitative estimate of drug-likeness (QED) is 0.445.